The molecule has 0 radical (unpaired) electrons. The minimum atomic E-state index is 0.0834. The van der Waals surface area contributed by atoms with Gasteiger partial charge in [-0.3, -0.25) is 0 Å². The summed E-state index contributed by atoms with van der Waals surface area (Å²) in [5.41, 5.74) is 4.96. The van der Waals surface area contributed by atoms with E-state index in [1.54, 1.807) is 0 Å². The molecule has 0 fully saturated rings. The zero-order valence-electron chi connectivity index (χ0n) is 14.1. The van der Waals surface area contributed by atoms with Crippen LogP contribution in [0.15, 0.2) is 30.3 Å². The summed E-state index contributed by atoms with van der Waals surface area (Å²) in [5.74, 6) is 0. The van der Waals surface area contributed by atoms with Crippen LogP contribution in [0, 0.1) is 0 Å². The Balaban J connectivity index is 2.35. The number of hydrogen-bond donors (Lipinski definition) is 0. The van der Waals surface area contributed by atoms with Crippen LogP contribution in [0.2, 0.25) is 0 Å². The average molecular weight is 285 g/mol. The van der Waals surface area contributed by atoms with E-state index in [1.807, 2.05) is 0 Å². The number of hydrogen-bond acceptors (Lipinski definition) is 2. The number of aromatic nitrogens is 2. The van der Waals surface area contributed by atoms with Crippen molar-refractivity contribution in [3.63, 3.8) is 0 Å². The van der Waals surface area contributed by atoms with Crippen LogP contribution >= 0.6 is 0 Å². The standard InChI is InChI=1S/C18H27N3/c1-7-15-12-17(18(2,3)4)19-21(15)16-10-8-14(9-11-16)13-20(5)6/h8-12H,7,13H2,1-6H3. The van der Waals surface area contributed by atoms with Gasteiger partial charge in [-0.2, -0.15) is 5.10 Å². The molecule has 114 valence electrons. The van der Waals surface area contributed by atoms with Crippen LogP contribution in [-0.2, 0) is 18.4 Å². The normalized spacial score (nSPS) is 12.1. The summed E-state index contributed by atoms with van der Waals surface area (Å²) >= 11 is 0. The first-order chi connectivity index (χ1) is 9.81. The molecule has 0 aliphatic heterocycles. The maximum absolute atomic E-state index is 4.82. The summed E-state index contributed by atoms with van der Waals surface area (Å²) in [4.78, 5) is 2.18. The van der Waals surface area contributed by atoms with Crippen molar-refractivity contribution in [3.8, 4) is 5.69 Å². The molecule has 0 saturated heterocycles. The second-order valence-corrected chi connectivity index (χ2v) is 6.94. The zero-order valence-corrected chi connectivity index (χ0v) is 14.1. The Morgan fingerprint density at radius 1 is 1.10 bits per heavy atom. The molecular weight excluding hydrogens is 258 g/mol. The molecule has 1 aromatic carbocycles. The van der Waals surface area contributed by atoms with E-state index in [0.717, 1.165) is 24.3 Å². The Morgan fingerprint density at radius 3 is 2.19 bits per heavy atom. The third-order valence-corrected chi connectivity index (χ3v) is 3.59. The molecular formula is C18H27N3. The van der Waals surface area contributed by atoms with Gasteiger partial charge < -0.3 is 4.90 Å². The number of rotatable bonds is 4. The van der Waals surface area contributed by atoms with Crippen molar-refractivity contribution in [2.75, 3.05) is 14.1 Å². The second kappa shape index (κ2) is 6.02. The van der Waals surface area contributed by atoms with Crippen molar-refractivity contribution >= 4 is 0 Å². The third kappa shape index (κ3) is 3.73. The lowest BCUT2D eigenvalue weighted by molar-refractivity contribution is 0.402. The first kappa shape index (κ1) is 15.8. The van der Waals surface area contributed by atoms with Crippen LogP contribution in [0.25, 0.3) is 5.69 Å². The van der Waals surface area contributed by atoms with E-state index in [2.05, 4.69) is 81.7 Å². The molecule has 21 heavy (non-hydrogen) atoms. The van der Waals surface area contributed by atoms with E-state index in [9.17, 15) is 0 Å². The topological polar surface area (TPSA) is 21.1 Å². The lowest BCUT2D eigenvalue weighted by atomic mass is 9.92. The molecule has 0 N–H and O–H groups in total. The first-order valence-electron chi connectivity index (χ1n) is 7.64. The van der Waals surface area contributed by atoms with Gasteiger partial charge in [0.15, 0.2) is 0 Å². The minimum absolute atomic E-state index is 0.0834. The van der Waals surface area contributed by atoms with E-state index in [1.165, 1.54) is 11.3 Å². The first-order valence-corrected chi connectivity index (χ1v) is 7.64. The quantitative estimate of drug-likeness (QED) is 0.852. The lowest BCUT2D eigenvalue weighted by Crippen LogP contribution is -2.13. The number of benzene rings is 1. The monoisotopic (exact) mass is 285 g/mol. The van der Waals surface area contributed by atoms with Crippen LogP contribution in [0.3, 0.4) is 0 Å². The van der Waals surface area contributed by atoms with Crippen LogP contribution in [0.4, 0.5) is 0 Å². The summed E-state index contributed by atoms with van der Waals surface area (Å²) in [6.07, 6.45) is 0.989. The molecule has 2 rings (SSSR count). The Morgan fingerprint density at radius 2 is 1.71 bits per heavy atom. The fraction of sp³-hybridized carbons (Fsp3) is 0.500. The van der Waals surface area contributed by atoms with Gasteiger partial charge in [0.05, 0.1) is 11.4 Å². The highest BCUT2D eigenvalue weighted by Crippen LogP contribution is 2.24. The lowest BCUT2D eigenvalue weighted by Gasteiger charge is -2.14. The van der Waals surface area contributed by atoms with E-state index in [0.29, 0.717) is 0 Å². The fourth-order valence-corrected chi connectivity index (χ4v) is 2.37. The van der Waals surface area contributed by atoms with Gasteiger partial charge in [-0.25, -0.2) is 4.68 Å². The van der Waals surface area contributed by atoms with Gasteiger partial charge >= 0.3 is 0 Å². The number of nitrogens with zero attached hydrogens (tertiary/aromatic N) is 3. The molecule has 1 aromatic heterocycles. The van der Waals surface area contributed by atoms with Crippen molar-refractivity contribution < 1.29 is 0 Å². The molecule has 0 aliphatic rings. The molecule has 0 bridgehead atoms. The molecule has 3 heteroatoms. The van der Waals surface area contributed by atoms with Gasteiger partial charge in [-0.15, -0.1) is 0 Å². The van der Waals surface area contributed by atoms with Crippen molar-refractivity contribution in [1.29, 1.82) is 0 Å². The zero-order chi connectivity index (χ0) is 15.6. The summed E-state index contributed by atoms with van der Waals surface area (Å²) in [5, 5.41) is 4.82. The van der Waals surface area contributed by atoms with E-state index < -0.39 is 0 Å². The smallest absolute Gasteiger partial charge is 0.0685 e. The Labute approximate surface area is 128 Å². The van der Waals surface area contributed by atoms with Gasteiger partial charge in [0, 0.05) is 17.7 Å². The molecule has 2 aromatic rings. The number of aryl methyl sites for hydroxylation is 1. The molecule has 0 unspecified atom stereocenters. The summed E-state index contributed by atoms with van der Waals surface area (Å²) in [6, 6.07) is 10.9. The summed E-state index contributed by atoms with van der Waals surface area (Å²) in [6.45, 7) is 9.77. The highest BCUT2D eigenvalue weighted by molar-refractivity contribution is 5.37. The summed E-state index contributed by atoms with van der Waals surface area (Å²) < 4.78 is 2.08. The van der Waals surface area contributed by atoms with Gasteiger partial charge in [0.2, 0.25) is 0 Å². The van der Waals surface area contributed by atoms with Crippen LogP contribution in [0.5, 0.6) is 0 Å². The van der Waals surface area contributed by atoms with Crippen LogP contribution in [0.1, 0.15) is 44.6 Å². The third-order valence-electron chi connectivity index (χ3n) is 3.59. The maximum atomic E-state index is 4.82. The fourth-order valence-electron chi connectivity index (χ4n) is 2.37. The summed E-state index contributed by atoms with van der Waals surface area (Å²) in [7, 11) is 4.18. The van der Waals surface area contributed by atoms with Gasteiger partial charge in [0.1, 0.15) is 0 Å². The predicted molar refractivity (Wildman–Crippen MR) is 89.0 cm³/mol. The molecule has 3 nitrogen and oxygen atoms in total. The molecule has 0 saturated carbocycles. The Kier molecular flexibility index (Phi) is 4.52. The van der Waals surface area contributed by atoms with Crippen molar-refractivity contribution in [1.82, 2.24) is 14.7 Å². The molecule has 1 heterocycles. The van der Waals surface area contributed by atoms with Gasteiger partial charge in [-0.05, 0) is 44.3 Å². The molecule has 0 spiro atoms. The molecule has 0 amide bonds. The largest absolute Gasteiger partial charge is 0.305 e. The average Bonchev–Trinajstić information content (AvgIpc) is 2.83. The second-order valence-electron chi connectivity index (χ2n) is 6.94. The van der Waals surface area contributed by atoms with Crippen LogP contribution < -0.4 is 0 Å². The van der Waals surface area contributed by atoms with Crippen molar-refractivity contribution in [2.24, 2.45) is 0 Å². The van der Waals surface area contributed by atoms with E-state index >= 15 is 0 Å². The molecule has 0 atom stereocenters. The SMILES string of the molecule is CCc1cc(C(C)(C)C)nn1-c1ccc(CN(C)C)cc1. The maximum Gasteiger partial charge on any atom is 0.0685 e. The molecule has 0 aliphatic carbocycles. The highest BCUT2D eigenvalue weighted by atomic mass is 15.3. The van der Waals surface area contributed by atoms with Crippen molar-refractivity contribution in [3.05, 3.63) is 47.3 Å². The van der Waals surface area contributed by atoms with Crippen LogP contribution in [-0.4, -0.2) is 28.8 Å². The van der Waals surface area contributed by atoms with E-state index in [-0.39, 0.29) is 5.41 Å². The van der Waals surface area contributed by atoms with Crippen molar-refractivity contribution in [2.45, 2.75) is 46.1 Å². The minimum Gasteiger partial charge on any atom is -0.305 e. The highest BCUT2D eigenvalue weighted by Gasteiger charge is 2.19. The van der Waals surface area contributed by atoms with E-state index in [4.69, 9.17) is 5.10 Å². The Bertz CT molecular complexity index is 586. The predicted octanol–water partition coefficient (Wildman–Crippen LogP) is 3.79. The van der Waals surface area contributed by atoms with Gasteiger partial charge in [0.25, 0.3) is 0 Å². The van der Waals surface area contributed by atoms with Gasteiger partial charge in [-0.1, -0.05) is 39.8 Å². The Hall–Kier alpha value is -1.61.